The third kappa shape index (κ3) is 2.34. The van der Waals surface area contributed by atoms with Gasteiger partial charge in [-0.25, -0.2) is 5.43 Å². The van der Waals surface area contributed by atoms with Gasteiger partial charge in [-0.1, -0.05) is 11.6 Å². The molecule has 1 unspecified atom stereocenters. The molecule has 0 aliphatic rings. The second kappa shape index (κ2) is 5.09. The lowest BCUT2D eigenvalue weighted by molar-refractivity contribution is 0.477. The fourth-order valence-electron chi connectivity index (χ4n) is 2.15. The molecular weight excluding hydrogens is 324 g/mol. The Balaban J connectivity index is 2.09. The van der Waals surface area contributed by atoms with E-state index in [2.05, 4.69) is 39.7 Å². The first-order valence-electron chi connectivity index (χ1n) is 5.87. The van der Waals surface area contributed by atoms with Crippen LogP contribution in [-0.4, -0.2) is 0 Å². The van der Waals surface area contributed by atoms with Crippen LogP contribution in [0.4, 0.5) is 0 Å². The lowest BCUT2D eigenvalue weighted by Crippen LogP contribution is -2.28. The second-order valence-corrected chi connectivity index (χ2v) is 6.06. The molecule has 0 amide bonds. The van der Waals surface area contributed by atoms with E-state index in [9.17, 15) is 0 Å². The van der Waals surface area contributed by atoms with Gasteiger partial charge in [-0.2, -0.15) is 11.3 Å². The number of benzene rings is 1. The molecule has 19 heavy (non-hydrogen) atoms. The summed E-state index contributed by atoms with van der Waals surface area (Å²) in [6.07, 6.45) is 0. The first kappa shape index (κ1) is 12.9. The average Bonchev–Trinajstić information content (AvgIpc) is 2.97. The molecule has 3 aromatic rings. The summed E-state index contributed by atoms with van der Waals surface area (Å²) in [5.74, 6) is 6.51. The maximum atomic E-state index is 5.90. The number of aryl methyl sites for hydroxylation is 1. The molecule has 3 N–H and O–H groups in total. The summed E-state index contributed by atoms with van der Waals surface area (Å²) in [5, 5.41) is 5.20. The van der Waals surface area contributed by atoms with Crippen LogP contribution in [0.3, 0.4) is 0 Å². The number of fused-ring (bicyclic) bond motifs is 1. The fraction of sp³-hybridized carbons (Fsp3) is 0.143. The minimum atomic E-state index is -0.145. The van der Waals surface area contributed by atoms with Gasteiger partial charge in [0, 0.05) is 20.8 Å². The Morgan fingerprint density at radius 3 is 2.84 bits per heavy atom. The van der Waals surface area contributed by atoms with Crippen molar-refractivity contribution >= 4 is 38.2 Å². The number of furan rings is 1. The third-order valence-electron chi connectivity index (χ3n) is 3.10. The van der Waals surface area contributed by atoms with Crippen LogP contribution in [0.5, 0.6) is 0 Å². The molecule has 1 atom stereocenters. The summed E-state index contributed by atoms with van der Waals surface area (Å²) >= 11 is 5.16. The van der Waals surface area contributed by atoms with Gasteiger partial charge in [-0.3, -0.25) is 5.84 Å². The maximum Gasteiger partial charge on any atom is 0.134 e. The highest BCUT2D eigenvalue weighted by atomic mass is 79.9. The monoisotopic (exact) mass is 336 g/mol. The van der Waals surface area contributed by atoms with Crippen LogP contribution in [0.15, 0.2) is 43.9 Å². The molecule has 2 aromatic heterocycles. The molecule has 0 bridgehead atoms. The SMILES string of the molecule is Cc1ccc2oc(C(NN)c3cscc3Br)cc2c1. The van der Waals surface area contributed by atoms with Crippen LogP contribution in [-0.2, 0) is 0 Å². The Morgan fingerprint density at radius 2 is 2.16 bits per heavy atom. The van der Waals surface area contributed by atoms with E-state index in [1.165, 1.54) is 5.56 Å². The fourth-order valence-corrected chi connectivity index (χ4v) is 3.70. The zero-order valence-electron chi connectivity index (χ0n) is 10.3. The van der Waals surface area contributed by atoms with Crippen molar-refractivity contribution in [3.8, 4) is 0 Å². The largest absolute Gasteiger partial charge is 0.459 e. The molecule has 0 fully saturated rings. The van der Waals surface area contributed by atoms with E-state index >= 15 is 0 Å². The molecular formula is C14H13BrN2OS. The van der Waals surface area contributed by atoms with E-state index in [4.69, 9.17) is 10.3 Å². The number of hydrazine groups is 1. The number of halogens is 1. The van der Waals surface area contributed by atoms with Gasteiger partial charge >= 0.3 is 0 Å². The highest BCUT2D eigenvalue weighted by molar-refractivity contribution is 9.10. The molecule has 98 valence electrons. The number of hydrogen-bond acceptors (Lipinski definition) is 4. The van der Waals surface area contributed by atoms with E-state index in [0.29, 0.717) is 0 Å². The summed E-state index contributed by atoms with van der Waals surface area (Å²) < 4.78 is 6.94. The summed E-state index contributed by atoms with van der Waals surface area (Å²) in [6, 6.07) is 8.04. The van der Waals surface area contributed by atoms with Crippen molar-refractivity contribution in [2.24, 2.45) is 5.84 Å². The van der Waals surface area contributed by atoms with E-state index in [1.807, 2.05) is 23.6 Å². The molecule has 0 saturated heterocycles. The average molecular weight is 337 g/mol. The van der Waals surface area contributed by atoms with Crippen LogP contribution >= 0.6 is 27.3 Å². The van der Waals surface area contributed by atoms with E-state index in [1.54, 1.807) is 11.3 Å². The number of nitrogens with one attached hydrogen (secondary N) is 1. The van der Waals surface area contributed by atoms with Gasteiger partial charge in [0.25, 0.3) is 0 Å². The van der Waals surface area contributed by atoms with Crippen molar-refractivity contribution in [1.29, 1.82) is 0 Å². The van der Waals surface area contributed by atoms with Crippen molar-refractivity contribution in [2.75, 3.05) is 0 Å². The van der Waals surface area contributed by atoms with E-state index in [0.717, 1.165) is 26.8 Å². The minimum Gasteiger partial charge on any atom is -0.459 e. The van der Waals surface area contributed by atoms with Gasteiger partial charge in [0.1, 0.15) is 17.4 Å². The first-order chi connectivity index (χ1) is 9.19. The van der Waals surface area contributed by atoms with Crippen molar-refractivity contribution in [3.63, 3.8) is 0 Å². The van der Waals surface area contributed by atoms with E-state index in [-0.39, 0.29) is 6.04 Å². The quantitative estimate of drug-likeness (QED) is 0.558. The van der Waals surface area contributed by atoms with Gasteiger partial charge in [0.15, 0.2) is 0 Å². The Kier molecular flexibility index (Phi) is 3.45. The molecule has 3 rings (SSSR count). The maximum absolute atomic E-state index is 5.90. The second-order valence-electron chi connectivity index (χ2n) is 4.46. The van der Waals surface area contributed by atoms with Crippen molar-refractivity contribution in [3.05, 3.63) is 56.4 Å². The topological polar surface area (TPSA) is 51.2 Å². The zero-order chi connectivity index (χ0) is 13.4. The molecule has 0 saturated carbocycles. The molecule has 1 aromatic carbocycles. The predicted molar refractivity (Wildman–Crippen MR) is 82.1 cm³/mol. The molecule has 0 spiro atoms. The number of nitrogens with two attached hydrogens (primary N) is 1. The Hall–Kier alpha value is -1.14. The Labute approximate surface area is 123 Å². The number of hydrogen-bond donors (Lipinski definition) is 2. The Morgan fingerprint density at radius 1 is 1.32 bits per heavy atom. The van der Waals surface area contributed by atoms with E-state index < -0.39 is 0 Å². The third-order valence-corrected chi connectivity index (χ3v) is 4.85. The van der Waals surface area contributed by atoms with Crippen LogP contribution in [0.1, 0.15) is 22.9 Å². The van der Waals surface area contributed by atoms with Crippen molar-refractivity contribution < 1.29 is 4.42 Å². The molecule has 0 aliphatic heterocycles. The molecule has 5 heteroatoms. The summed E-state index contributed by atoms with van der Waals surface area (Å²) in [5.41, 5.74) is 6.00. The van der Waals surface area contributed by atoms with Crippen LogP contribution in [0, 0.1) is 6.92 Å². The van der Waals surface area contributed by atoms with Gasteiger partial charge in [0.2, 0.25) is 0 Å². The lowest BCUT2D eigenvalue weighted by atomic mass is 10.1. The Bertz CT molecular complexity index is 719. The van der Waals surface area contributed by atoms with Gasteiger partial charge in [0.05, 0.1) is 0 Å². The highest BCUT2D eigenvalue weighted by Crippen LogP contribution is 2.33. The number of rotatable bonds is 3. The standard InChI is InChI=1S/C14H13BrN2OS/c1-8-2-3-12-9(4-8)5-13(18-12)14(17-16)10-6-19-7-11(10)15/h2-7,14,17H,16H2,1H3. The lowest BCUT2D eigenvalue weighted by Gasteiger charge is -2.12. The van der Waals surface area contributed by atoms with Gasteiger partial charge < -0.3 is 4.42 Å². The molecule has 2 heterocycles. The molecule has 0 radical (unpaired) electrons. The predicted octanol–water partition coefficient (Wildman–Crippen LogP) is 4.12. The summed E-state index contributed by atoms with van der Waals surface area (Å²) in [7, 11) is 0. The normalized spacial score (nSPS) is 13.0. The van der Waals surface area contributed by atoms with Gasteiger partial charge in [-0.15, -0.1) is 0 Å². The van der Waals surface area contributed by atoms with Crippen LogP contribution in [0.25, 0.3) is 11.0 Å². The summed E-state index contributed by atoms with van der Waals surface area (Å²) in [6.45, 7) is 2.07. The van der Waals surface area contributed by atoms with Crippen molar-refractivity contribution in [2.45, 2.75) is 13.0 Å². The van der Waals surface area contributed by atoms with Gasteiger partial charge in [-0.05, 0) is 46.4 Å². The smallest absolute Gasteiger partial charge is 0.134 e. The number of thiophene rings is 1. The highest BCUT2D eigenvalue weighted by Gasteiger charge is 2.20. The first-order valence-corrected chi connectivity index (χ1v) is 7.60. The molecule has 3 nitrogen and oxygen atoms in total. The molecule has 0 aliphatic carbocycles. The van der Waals surface area contributed by atoms with Crippen LogP contribution < -0.4 is 11.3 Å². The van der Waals surface area contributed by atoms with Crippen LogP contribution in [0.2, 0.25) is 0 Å². The van der Waals surface area contributed by atoms with Crippen molar-refractivity contribution in [1.82, 2.24) is 5.43 Å². The zero-order valence-corrected chi connectivity index (χ0v) is 12.7. The minimum absolute atomic E-state index is 0.145. The summed E-state index contributed by atoms with van der Waals surface area (Å²) in [4.78, 5) is 0.